The molecule has 1 heterocycles. The Labute approximate surface area is 95.5 Å². The Hall–Kier alpha value is -2.63. The van der Waals surface area contributed by atoms with Gasteiger partial charge in [0.2, 0.25) is 0 Å². The van der Waals surface area contributed by atoms with Gasteiger partial charge in [-0.15, -0.1) is 0 Å². The fourth-order valence-corrected chi connectivity index (χ4v) is 1.44. The van der Waals surface area contributed by atoms with Gasteiger partial charge in [-0.1, -0.05) is 0 Å². The summed E-state index contributed by atoms with van der Waals surface area (Å²) in [7, 11) is 0. The Bertz CT molecular complexity index is 589. The van der Waals surface area contributed by atoms with Crippen LogP contribution < -0.4 is 0 Å². The van der Waals surface area contributed by atoms with Gasteiger partial charge in [-0.05, 0) is 24.3 Å². The van der Waals surface area contributed by atoms with Crippen molar-refractivity contribution in [3.63, 3.8) is 0 Å². The van der Waals surface area contributed by atoms with Crippen molar-refractivity contribution in [2.75, 3.05) is 0 Å². The Morgan fingerprint density at radius 3 is 2.71 bits per heavy atom. The van der Waals surface area contributed by atoms with Crippen molar-refractivity contribution in [1.29, 1.82) is 0 Å². The lowest BCUT2D eigenvalue weighted by Crippen LogP contribution is -1.95. The number of phenols is 1. The fourth-order valence-electron chi connectivity index (χ4n) is 1.44. The first kappa shape index (κ1) is 10.9. The molecular weight excluding hydrogens is 224 g/mol. The number of aromatic nitrogens is 2. The second-order valence-electron chi connectivity index (χ2n) is 3.36. The van der Waals surface area contributed by atoms with Crippen LogP contribution in [0, 0.1) is 0 Å². The number of aromatic carboxylic acids is 1. The van der Waals surface area contributed by atoms with Crippen molar-refractivity contribution >= 4 is 12.3 Å². The van der Waals surface area contributed by atoms with E-state index < -0.39 is 5.97 Å². The third-order valence-corrected chi connectivity index (χ3v) is 2.25. The summed E-state index contributed by atoms with van der Waals surface area (Å²) >= 11 is 0. The van der Waals surface area contributed by atoms with Crippen LogP contribution in [0.2, 0.25) is 0 Å². The minimum absolute atomic E-state index is 0.0227. The molecule has 2 rings (SSSR count). The van der Waals surface area contributed by atoms with E-state index in [0.717, 1.165) is 0 Å². The number of carboxylic acids is 1. The number of aromatic amines is 1. The third-order valence-electron chi connectivity index (χ3n) is 2.25. The quantitative estimate of drug-likeness (QED) is 0.692. The van der Waals surface area contributed by atoms with E-state index in [-0.39, 0.29) is 11.4 Å². The molecule has 0 fully saturated rings. The van der Waals surface area contributed by atoms with Crippen molar-refractivity contribution in [3.8, 4) is 17.0 Å². The number of carbonyl (C=O) groups excluding carboxylic acids is 1. The summed E-state index contributed by atoms with van der Waals surface area (Å²) in [5.74, 6) is -1.16. The van der Waals surface area contributed by atoms with Gasteiger partial charge in [-0.25, -0.2) is 4.79 Å². The molecule has 0 radical (unpaired) electrons. The van der Waals surface area contributed by atoms with Crippen LogP contribution in [-0.4, -0.2) is 32.7 Å². The zero-order valence-electron chi connectivity index (χ0n) is 8.54. The van der Waals surface area contributed by atoms with Crippen molar-refractivity contribution in [3.05, 3.63) is 35.5 Å². The van der Waals surface area contributed by atoms with E-state index in [1.165, 1.54) is 24.3 Å². The Balaban J connectivity index is 2.54. The molecule has 0 amide bonds. The highest BCUT2D eigenvalue weighted by atomic mass is 16.4. The molecule has 0 saturated carbocycles. The normalized spacial score (nSPS) is 10.1. The molecule has 86 valence electrons. The number of phenolic OH excluding ortho intramolecular Hbond substituents is 1. The first-order chi connectivity index (χ1) is 8.11. The zero-order valence-corrected chi connectivity index (χ0v) is 8.54. The van der Waals surface area contributed by atoms with Gasteiger partial charge in [0.15, 0.2) is 6.29 Å². The molecule has 17 heavy (non-hydrogen) atoms. The van der Waals surface area contributed by atoms with Gasteiger partial charge >= 0.3 is 5.97 Å². The number of hydrogen-bond donors (Lipinski definition) is 3. The summed E-state index contributed by atoms with van der Waals surface area (Å²) in [6.45, 7) is 0. The van der Waals surface area contributed by atoms with E-state index >= 15 is 0 Å². The Morgan fingerprint density at radius 1 is 1.35 bits per heavy atom. The largest absolute Gasteiger partial charge is 0.508 e. The molecule has 6 nitrogen and oxygen atoms in total. The summed E-state index contributed by atoms with van der Waals surface area (Å²) in [6, 6.07) is 5.46. The lowest BCUT2D eigenvalue weighted by atomic mass is 10.0. The first-order valence-electron chi connectivity index (χ1n) is 4.69. The highest BCUT2D eigenvalue weighted by Gasteiger charge is 2.12. The summed E-state index contributed by atoms with van der Waals surface area (Å²) in [5, 5.41) is 24.2. The lowest BCUT2D eigenvalue weighted by Gasteiger charge is -2.01. The fraction of sp³-hybridized carbons (Fsp3) is 0. The Kier molecular flexibility index (Phi) is 2.61. The lowest BCUT2D eigenvalue weighted by molar-refractivity contribution is 0.0690. The van der Waals surface area contributed by atoms with Gasteiger partial charge in [-0.2, -0.15) is 5.10 Å². The van der Waals surface area contributed by atoms with Crippen LogP contribution in [0.5, 0.6) is 5.75 Å². The van der Waals surface area contributed by atoms with Gasteiger partial charge < -0.3 is 10.2 Å². The maximum atomic E-state index is 10.8. The van der Waals surface area contributed by atoms with Crippen LogP contribution in [0.25, 0.3) is 11.3 Å². The number of nitrogens with one attached hydrogen (secondary N) is 1. The monoisotopic (exact) mass is 232 g/mol. The van der Waals surface area contributed by atoms with Crippen molar-refractivity contribution in [2.45, 2.75) is 0 Å². The van der Waals surface area contributed by atoms with E-state index in [2.05, 4.69) is 10.2 Å². The number of carbonyl (C=O) groups is 2. The number of benzene rings is 1. The van der Waals surface area contributed by atoms with Crippen molar-refractivity contribution in [1.82, 2.24) is 10.2 Å². The van der Waals surface area contributed by atoms with Crippen LogP contribution >= 0.6 is 0 Å². The van der Waals surface area contributed by atoms with Gasteiger partial charge in [0.25, 0.3) is 0 Å². The van der Waals surface area contributed by atoms with E-state index in [0.29, 0.717) is 23.1 Å². The highest BCUT2D eigenvalue weighted by molar-refractivity contribution is 5.90. The van der Waals surface area contributed by atoms with Gasteiger partial charge in [0.1, 0.15) is 11.4 Å². The molecule has 0 saturated heterocycles. The van der Waals surface area contributed by atoms with Crippen molar-refractivity contribution in [2.24, 2.45) is 0 Å². The molecule has 3 N–H and O–H groups in total. The maximum absolute atomic E-state index is 10.8. The van der Waals surface area contributed by atoms with E-state index in [1.54, 1.807) is 0 Å². The average Bonchev–Trinajstić information content (AvgIpc) is 2.78. The minimum atomic E-state index is -1.14. The van der Waals surface area contributed by atoms with E-state index in [9.17, 15) is 14.7 Å². The third kappa shape index (κ3) is 2.00. The summed E-state index contributed by atoms with van der Waals surface area (Å²) < 4.78 is 0. The number of aromatic hydroxyl groups is 1. The van der Waals surface area contributed by atoms with Crippen LogP contribution in [0.3, 0.4) is 0 Å². The number of H-pyrrole nitrogens is 1. The topological polar surface area (TPSA) is 103 Å². The van der Waals surface area contributed by atoms with Crippen LogP contribution in [0.4, 0.5) is 0 Å². The molecule has 1 aromatic carbocycles. The predicted molar refractivity (Wildman–Crippen MR) is 58.0 cm³/mol. The van der Waals surface area contributed by atoms with E-state index in [1.807, 2.05) is 0 Å². The molecule has 0 spiro atoms. The molecule has 0 aliphatic carbocycles. The number of carboxylic acid groups (broad SMARTS) is 1. The van der Waals surface area contributed by atoms with Crippen LogP contribution in [-0.2, 0) is 0 Å². The first-order valence-corrected chi connectivity index (χ1v) is 4.69. The molecule has 6 heteroatoms. The molecule has 0 aliphatic heterocycles. The molecule has 1 aromatic heterocycles. The minimum Gasteiger partial charge on any atom is -0.508 e. The number of nitrogens with zero attached hydrogens (tertiary/aromatic N) is 1. The second kappa shape index (κ2) is 4.09. The zero-order chi connectivity index (χ0) is 12.4. The van der Waals surface area contributed by atoms with Gasteiger partial charge in [-0.3, -0.25) is 9.89 Å². The Morgan fingerprint density at radius 2 is 2.12 bits per heavy atom. The maximum Gasteiger partial charge on any atom is 0.353 e. The summed E-state index contributed by atoms with van der Waals surface area (Å²) in [4.78, 5) is 21.5. The van der Waals surface area contributed by atoms with E-state index in [4.69, 9.17) is 5.11 Å². The second-order valence-corrected chi connectivity index (χ2v) is 3.36. The number of hydrogen-bond acceptors (Lipinski definition) is 4. The van der Waals surface area contributed by atoms with Gasteiger partial charge in [0, 0.05) is 11.1 Å². The number of aldehydes is 1. The molecule has 0 bridgehead atoms. The predicted octanol–water partition coefficient (Wildman–Crippen LogP) is 1.29. The standard InChI is InChI=1S/C11H8N2O4/c14-5-6-1-2-7(15)3-8(6)9-4-10(11(16)17)13-12-9/h1-5,15H,(H,12,13)(H,16,17). The highest BCUT2D eigenvalue weighted by Crippen LogP contribution is 2.25. The molecule has 0 aliphatic rings. The number of rotatable bonds is 3. The molecule has 2 aromatic rings. The van der Waals surface area contributed by atoms with Crippen LogP contribution in [0.15, 0.2) is 24.3 Å². The smallest absolute Gasteiger partial charge is 0.353 e. The van der Waals surface area contributed by atoms with Crippen LogP contribution in [0.1, 0.15) is 20.8 Å². The summed E-state index contributed by atoms with van der Waals surface area (Å²) in [5.41, 5.74) is 0.913. The molecular formula is C11H8N2O4. The average molecular weight is 232 g/mol. The molecule has 0 unspecified atom stereocenters. The molecule has 0 atom stereocenters. The SMILES string of the molecule is O=Cc1ccc(O)cc1-c1cc(C(=O)O)[nH]n1. The van der Waals surface area contributed by atoms with Gasteiger partial charge in [0.05, 0.1) is 5.69 Å². The summed E-state index contributed by atoms with van der Waals surface area (Å²) in [6.07, 6.45) is 0.615. The van der Waals surface area contributed by atoms with Crippen molar-refractivity contribution < 1.29 is 19.8 Å².